The maximum atomic E-state index is 13.6. The number of nitrogens with zero attached hydrogens (tertiary/aromatic N) is 1. The van der Waals surface area contributed by atoms with Crippen molar-refractivity contribution in [1.82, 2.24) is 0 Å². The lowest BCUT2D eigenvalue weighted by atomic mass is 9.83. The third-order valence-electron chi connectivity index (χ3n) is 5.66. The van der Waals surface area contributed by atoms with Gasteiger partial charge < -0.3 is 9.53 Å². The van der Waals surface area contributed by atoms with Gasteiger partial charge in [0.25, 0.3) is 5.69 Å². The number of unbranched alkanes of at least 4 members (excludes halogenated alkanes) is 1. The van der Waals surface area contributed by atoms with Crippen LogP contribution in [0.4, 0.5) is 5.69 Å². The lowest BCUT2D eigenvalue weighted by Gasteiger charge is -2.27. The predicted molar refractivity (Wildman–Crippen MR) is 128 cm³/mol. The van der Waals surface area contributed by atoms with E-state index < -0.39 is 20.2 Å². The highest BCUT2D eigenvalue weighted by Gasteiger charge is 2.36. The number of methoxy groups -OCH3 is 1. The second-order valence-corrected chi connectivity index (χ2v) is 10.1. The standard InChI is InChI=1S/C25H31NO6S/c1-4-6-14-25(18-27,15-7-5-2)19-33(30,31)24-13-10-22(26(28)29)17-21(24)16-20-8-11-23(32-3)12-9-20/h4,6,8-13,17-18H,5,7,14-16,19H2,1-3H3/b6-4-. The molecule has 0 N–H and O–H groups in total. The third-order valence-corrected chi connectivity index (χ3v) is 7.68. The molecule has 0 saturated heterocycles. The van der Waals surface area contributed by atoms with Crippen LogP contribution in [-0.4, -0.2) is 32.5 Å². The molecule has 0 heterocycles. The van der Waals surface area contributed by atoms with Gasteiger partial charge in [-0.15, -0.1) is 0 Å². The van der Waals surface area contributed by atoms with Crippen LogP contribution in [0, 0.1) is 15.5 Å². The van der Waals surface area contributed by atoms with Gasteiger partial charge in [0.15, 0.2) is 9.84 Å². The minimum atomic E-state index is -3.91. The van der Waals surface area contributed by atoms with Crippen molar-refractivity contribution in [1.29, 1.82) is 0 Å². The van der Waals surface area contributed by atoms with Gasteiger partial charge in [-0.05, 0) is 55.5 Å². The maximum absolute atomic E-state index is 13.6. The molecule has 0 amide bonds. The van der Waals surface area contributed by atoms with Crippen LogP contribution in [0.3, 0.4) is 0 Å². The molecule has 2 rings (SSSR count). The molecule has 2 aromatic rings. The summed E-state index contributed by atoms with van der Waals surface area (Å²) >= 11 is 0. The number of hydrogen-bond donors (Lipinski definition) is 0. The topological polar surface area (TPSA) is 104 Å². The molecule has 0 fully saturated rings. The molecule has 178 valence electrons. The summed E-state index contributed by atoms with van der Waals surface area (Å²) in [5.74, 6) is 0.308. The molecule has 0 aromatic heterocycles. The van der Waals surface area contributed by atoms with E-state index in [1.165, 1.54) is 18.2 Å². The Morgan fingerprint density at radius 3 is 2.39 bits per heavy atom. The summed E-state index contributed by atoms with van der Waals surface area (Å²) in [4.78, 5) is 23.0. The molecule has 0 saturated carbocycles. The highest BCUT2D eigenvalue weighted by molar-refractivity contribution is 7.91. The number of nitro benzene ring substituents is 1. The number of carbonyl (C=O) groups is 1. The van der Waals surface area contributed by atoms with Gasteiger partial charge in [-0.2, -0.15) is 0 Å². The first-order valence-electron chi connectivity index (χ1n) is 10.9. The monoisotopic (exact) mass is 473 g/mol. The Hall–Kier alpha value is -3.00. The van der Waals surface area contributed by atoms with E-state index in [4.69, 9.17) is 4.74 Å². The number of sulfone groups is 1. The normalized spacial score (nSPS) is 13.5. The Morgan fingerprint density at radius 2 is 1.85 bits per heavy atom. The van der Waals surface area contributed by atoms with E-state index in [1.807, 2.05) is 19.9 Å². The number of carbonyl (C=O) groups excluding carboxylic acids is 1. The fourth-order valence-electron chi connectivity index (χ4n) is 3.80. The van der Waals surface area contributed by atoms with E-state index in [2.05, 4.69) is 0 Å². The lowest BCUT2D eigenvalue weighted by molar-refractivity contribution is -0.385. The summed E-state index contributed by atoms with van der Waals surface area (Å²) < 4.78 is 32.3. The van der Waals surface area contributed by atoms with Gasteiger partial charge in [-0.25, -0.2) is 8.42 Å². The van der Waals surface area contributed by atoms with E-state index in [9.17, 15) is 23.3 Å². The number of benzene rings is 2. The molecule has 0 aliphatic rings. The minimum Gasteiger partial charge on any atom is -0.497 e. The smallest absolute Gasteiger partial charge is 0.269 e. The summed E-state index contributed by atoms with van der Waals surface area (Å²) in [7, 11) is -2.36. The van der Waals surface area contributed by atoms with Gasteiger partial charge in [0.2, 0.25) is 0 Å². The van der Waals surface area contributed by atoms with Gasteiger partial charge in [0.1, 0.15) is 12.0 Å². The Labute approximate surface area is 195 Å². The third kappa shape index (κ3) is 6.99. The summed E-state index contributed by atoms with van der Waals surface area (Å²) in [6, 6.07) is 10.9. The molecule has 1 atom stereocenters. The molecule has 2 aromatic carbocycles. The van der Waals surface area contributed by atoms with E-state index >= 15 is 0 Å². The first kappa shape index (κ1) is 26.3. The van der Waals surface area contributed by atoms with Crippen molar-refractivity contribution in [3.63, 3.8) is 0 Å². The quantitative estimate of drug-likeness (QED) is 0.169. The van der Waals surface area contributed by atoms with Crippen molar-refractivity contribution in [3.8, 4) is 5.75 Å². The second-order valence-electron chi connectivity index (χ2n) is 8.19. The van der Waals surface area contributed by atoms with Gasteiger partial charge in [-0.3, -0.25) is 10.1 Å². The number of hydrogen-bond acceptors (Lipinski definition) is 6. The molecular formula is C25H31NO6S. The van der Waals surface area contributed by atoms with Crippen molar-refractivity contribution in [2.24, 2.45) is 5.41 Å². The van der Waals surface area contributed by atoms with Crippen LogP contribution in [-0.2, 0) is 21.1 Å². The van der Waals surface area contributed by atoms with E-state index in [0.29, 0.717) is 24.2 Å². The molecule has 0 radical (unpaired) electrons. The molecule has 0 bridgehead atoms. The average Bonchev–Trinajstić information content (AvgIpc) is 2.81. The number of aldehydes is 1. The first-order valence-corrected chi connectivity index (χ1v) is 12.6. The van der Waals surface area contributed by atoms with Gasteiger partial charge >= 0.3 is 0 Å². The zero-order valence-electron chi connectivity index (χ0n) is 19.3. The fraction of sp³-hybridized carbons (Fsp3) is 0.400. The molecule has 0 spiro atoms. The molecule has 0 aliphatic heterocycles. The van der Waals surface area contributed by atoms with Crippen LogP contribution < -0.4 is 4.74 Å². The maximum Gasteiger partial charge on any atom is 0.269 e. The van der Waals surface area contributed by atoms with Gasteiger partial charge in [0, 0.05) is 17.5 Å². The fourth-order valence-corrected chi connectivity index (χ4v) is 5.84. The Morgan fingerprint density at radius 1 is 1.15 bits per heavy atom. The second kappa shape index (κ2) is 11.7. The van der Waals surface area contributed by atoms with Crippen molar-refractivity contribution in [2.75, 3.05) is 12.9 Å². The summed E-state index contributed by atoms with van der Waals surface area (Å²) in [6.07, 6.45) is 6.92. The number of non-ortho nitro benzene ring substituents is 1. The Bertz CT molecular complexity index is 1090. The molecule has 0 aliphatic carbocycles. The number of allylic oxidation sites excluding steroid dienone is 2. The predicted octanol–water partition coefficient (Wildman–Crippen LogP) is 5.31. The van der Waals surface area contributed by atoms with E-state index in [-0.39, 0.29) is 22.8 Å². The highest BCUT2D eigenvalue weighted by Crippen LogP contribution is 2.34. The molecular weight excluding hydrogens is 442 g/mol. The Kier molecular flexibility index (Phi) is 9.34. The largest absolute Gasteiger partial charge is 0.497 e. The highest BCUT2D eigenvalue weighted by atomic mass is 32.2. The number of rotatable bonds is 13. The van der Waals surface area contributed by atoms with Crippen LogP contribution in [0.15, 0.2) is 59.5 Å². The van der Waals surface area contributed by atoms with Crippen LogP contribution in [0.2, 0.25) is 0 Å². The van der Waals surface area contributed by atoms with Crippen LogP contribution >= 0.6 is 0 Å². The summed E-state index contributed by atoms with van der Waals surface area (Å²) in [5, 5.41) is 11.3. The number of ether oxygens (including phenoxy) is 1. The SMILES string of the molecule is C/C=C\CC(C=O)(CCCC)CS(=O)(=O)c1ccc([N+](=O)[O-])cc1Cc1ccc(OC)cc1. The number of nitro groups is 1. The average molecular weight is 474 g/mol. The van der Waals surface area contributed by atoms with Crippen LogP contribution in [0.1, 0.15) is 50.7 Å². The molecule has 33 heavy (non-hydrogen) atoms. The minimum absolute atomic E-state index is 0.0205. The van der Waals surface area contributed by atoms with Crippen molar-refractivity contribution in [2.45, 2.75) is 50.8 Å². The first-order chi connectivity index (χ1) is 15.7. The van der Waals surface area contributed by atoms with Gasteiger partial charge in [-0.1, -0.05) is 44.1 Å². The van der Waals surface area contributed by atoms with E-state index in [0.717, 1.165) is 24.7 Å². The van der Waals surface area contributed by atoms with Crippen LogP contribution in [0.5, 0.6) is 5.75 Å². The van der Waals surface area contributed by atoms with E-state index in [1.54, 1.807) is 37.5 Å². The summed E-state index contributed by atoms with van der Waals surface area (Å²) in [5.41, 5.74) is -0.107. The van der Waals surface area contributed by atoms with Gasteiger partial charge in [0.05, 0.1) is 22.7 Å². The van der Waals surface area contributed by atoms with Crippen molar-refractivity contribution in [3.05, 3.63) is 75.9 Å². The zero-order valence-corrected chi connectivity index (χ0v) is 20.1. The zero-order chi connectivity index (χ0) is 24.5. The molecule has 8 heteroatoms. The Balaban J connectivity index is 2.52. The van der Waals surface area contributed by atoms with Crippen molar-refractivity contribution >= 4 is 21.8 Å². The lowest BCUT2D eigenvalue weighted by Crippen LogP contribution is -2.32. The van der Waals surface area contributed by atoms with Crippen molar-refractivity contribution < 1.29 is 22.9 Å². The molecule has 7 nitrogen and oxygen atoms in total. The summed E-state index contributed by atoms with van der Waals surface area (Å²) in [6.45, 7) is 3.82. The molecule has 1 unspecified atom stereocenters. The van der Waals surface area contributed by atoms with Crippen LogP contribution in [0.25, 0.3) is 0 Å².